The Labute approximate surface area is 168 Å². The summed E-state index contributed by atoms with van der Waals surface area (Å²) in [5.74, 6) is -0.579. The summed E-state index contributed by atoms with van der Waals surface area (Å²) in [7, 11) is 1.20. The van der Waals surface area contributed by atoms with Gasteiger partial charge in [0.2, 0.25) is 0 Å². The molecule has 0 atom stereocenters. The molecule has 0 spiro atoms. The Morgan fingerprint density at radius 1 is 1.10 bits per heavy atom. The van der Waals surface area contributed by atoms with E-state index in [9.17, 15) is 19.7 Å². The third kappa shape index (κ3) is 6.46. The number of ether oxygens (including phenoxy) is 2. The van der Waals surface area contributed by atoms with Crippen LogP contribution < -0.4 is 10.1 Å². The molecule has 0 fully saturated rings. The van der Waals surface area contributed by atoms with Gasteiger partial charge in [-0.05, 0) is 54.5 Å². The first-order valence-corrected chi connectivity index (χ1v) is 9.03. The minimum Gasteiger partial charge on any atom is -0.494 e. The maximum absolute atomic E-state index is 12.5. The molecular weight excluding hydrogens is 376 g/mol. The number of rotatable bonds is 9. The van der Waals surface area contributed by atoms with Crippen molar-refractivity contribution in [1.82, 2.24) is 5.32 Å². The van der Waals surface area contributed by atoms with Gasteiger partial charge in [-0.2, -0.15) is 0 Å². The fraction of sp³-hybridized carbons (Fsp3) is 0.238. The van der Waals surface area contributed by atoms with Gasteiger partial charge in [-0.25, -0.2) is 4.79 Å². The van der Waals surface area contributed by atoms with Crippen LogP contribution in [-0.4, -0.2) is 30.5 Å². The van der Waals surface area contributed by atoms with Gasteiger partial charge in [-0.1, -0.05) is 13.3 Å². The van der Waals surface area contributed by atoms with Crippen molar-refractivity contribution in [2.45, 2.75) is 19.8 Å². The predicted octanol–water partition coefficient (Wildman–Crippen LogP) is 3.72. The number of carbonyl (C=O) groups excluding carboxylic acids is 2. The average Bonchev–Trinajstić information content (AvgIpc) is 2.73. The molecule has 29 heavy (non-hydrogen) atoms. The molecule has 0 unspecified atom stereocenters. The largest absolute Gasteiger partial charge is 0.494 e. The number of hydrogen-bond donors (Lipinski definition) is 1. The summed E-state index contributed by atoms with van der Waals surface area (Å²) >= 11 is 0. The summed E-state index contributed by atoms with van der Waals surface area (Å²) in [5, 5.41) is 13.3. The molecule has 2 aromatic carbocycles. The van der Waals surface area contributed by atoms with E-state index >= 15 is 0 Å². The molecule has 0 radical (unpaired) electrons. The van der Waals surface area contributed by atoms with Gasteiger partial charge in [-0.15, -0.1) is 0 Å². The second-order valence-electron chi connectivity index (χ2n) is 6.08. The minimum atomic E-state index is -0.740. The smallest absolute Gasteiger partial charge is 0.354 e. The quantitative estimate of drug-likeness (QED) is 0.227. The number of nitro benzene ring substituents is 1. The van der Waals surface area contributed by atoms with Gasteiger partial charge in [0.05, 0.1) is 18.6 Å². The van der Waals surface area contributed by atoms with E-state index in [1.807, 2.05) is 0 Å². The predicted molar refractivity (Wildman–Crippen MR) is 107 cm³/mol. The monoisotopic (exact) mass is 398 g/mol. The summed E-state index contributed by atoms with van der Waals surface area (Å²) in [6, 6.07) is 12.1. The van der Waals surface area contributed by atoms with E-state index in [2.05, 4.69) is 12.2 Å². The number of benzene rings is 2. The van der Waals surface area contributed by atoms with Crippen LogP contribution in [0.2, 0.25) is 0 Å². The Bertz CT molecular complexity index is 888. The second-order valence-corrected chi connectivity index (χ2v) is 6.08. The van der Waals surface area contributed by atoms with Gasteiger partial charge >= 0.3 is 5.97 Å². The van der Waals surface area contributed by atoms with Gasteiger partial charge in [0.1, 0.15) is 11.4 Å². The highest BCUT2D eigenvalue weighted by Crippen LogP contribution is 2.16. The van der Waals surface area contributed by atoms with E-state index < -0.39 is 16.8 Å². The third-order valence-corrected chi connectivity index (χ3v) is 3.95. The molecule has 0 saturated carbocycles. The number of amides is 1. The lowest BCUT2D eigenvalue weighted by Crippen LogP contribution is -2.28. The Kier molecular flexibility index (Phi) is 7.90. The van der Waals surface area contributed by atoms with Crippen LogP contribution in [0.25, 0.3) is 6.08 Å². The lowest BCUT2D eigenvalue weighted by atomic mass is 10.1. The third-order valence-electron chi connectivity index (χ3n) is 3.95. The molecule has 0 aliphatic rings. The van der Waals surface area contributed by atoms with Crippen molar-refractivity contribution < 1.29 is 24.0 Å². The zero-order valence-electron chi connectivity index (χ0n) is 16.2. The van der Waals surface area contributed by atoms with Crippen LogP contribution >= 0.6 is 0 Å². The maximum Gasteiger partial charge on any atom is 0.354 e. The van der Waals surface area contributed by atoms with Crippen LogP contribution in [0.15, 0.2) is 54.2 Å². The lowest BCUT2D eigenvalue weighted by molar-refractivity contribution is -0.384. The van der Waals surface area contributed by atoms with Crippen LogP contribution in [0, 0.1) is 10.1 Å². The molecule has 2 rings (SSSR count). The van der Waals surface area contributed by atoms with Crippen molar-refractivity contribution in [3.63, 3.8) is 0 Å². The highest BCUT2D eigenvalue weighted by molar-refractivity contribution is 6.03. The van der Waals surface area contributed by atoms with E-state index in [-0.39, 0.29) is 11.4 Å². The van der Waals surface area contributed by atoms with Crippen molar-refractivity contribution in [2.75, 3.05) is 13.7 Å². The Hall–Kier alpha value is -3.68. The molecule has 0 aliphatic heterocycles. The molecule has 0 aromatic heterocycles. The summed E-state index contributed by atoms with van der Waals surface area (Å²) in [4.78, 5) is 34.7. The van der Waals surface area contributed by atoms with Gasteiger partial charge < -0.3 is 14.8 Å². The molecular formula is C21H22N2O6. The molecule has 8 nitrogen and oxygen atoms in total. The van der Waals surface area contributed by atoms with Crippen LogP contribution in [0.1, 0.15) is 35.7 Å². The van der Waals surface area contributed by atoms with E-state index in [0.29, 0.717) is 23.5 Å². The fourth-order valence-corrected chi connectivity index (χ4v) is 2.35. The number of nitro groups is 1. The number of esters is 1. The number of unbranched alkanes of at least 4 members (excludes halogenated alkanes) is 1. The highest BCUT2D eigenvalue weighted by atomic mass is 16.6. The number of hydrogen-bond acceptors (Lipinski definition) is 6. The number of carbonyl (C=O) groups is 2. The molecule has 0 heterocycles. The SMILES string of the molecule is CCCCOc1ccc(C(=O)N/C(=C/c2ccc([N+](=O)[O-])cc2)C(=O)OC)cc1. The van der Waals surface area contributed by atoms with E-state index in [1.54, 1.807) is 24.3 Å². The topological polar surface area (TPSA) is 108 Å². The molecule has 0 aliphatic carbocycles. The zero-order chi connectivity index (χ0) is 21.2. The van der Waals surface area contributed by atoms with Gasteiger partial charge in [0.25, 0.3) is 11.6 Å². The highest BCUT2D eigenvalue weighted by Gasteiger charge is 2.15. The Balaban J connectivity index is 2.14. The standard InChI is InChI=1S/C21H22N2O6/c1-3-4-13-29-18-11-7-16(8-12-18)20(24)22-19(21(25)28-2)14-15-5-9-17(10-6-15)23(26)27/h5-12,14H,3-4,13H2,1-2H3,(H,22,24)/b19-14+. The van der Waals surface area contributed by atoms with E-state index in [4.69, 9.17) is 9.47 Å². The lowest BCUT2D eigenvalue weighted by Gasteiger charge is -2.09. The molecule has 1 N–H and O–H groups in total. The minimum absolute atomic E-state index is 0.0768. The fourth-order valence-electron chi connectivity index (χ4n) is 2.35. The van der Waals surface area contributed by atoms with Crippen LogP contribution in [0.4, 0.5) is 5.69 Å². The van der Waals surface area contributed by atoms with Crippen LogP contribution in [-0.2, 0) is 9.53 Å². The molecule has 152 valence electrons. The van der Waals surface area contributed by atoms with Crippen molar-refractivity contribution >= 4 is 23.6 Å². The molecule has 0 bridgehead atoms. The van der Waals surface area contributed by atoms with Crippen molar-refractivity contribution in [3.05, 3.63) is 75.5 Å². The van der Waals surface area contributed by atoms with Gasteiger partial charge in [-0.3, -0.25) is 14.9 Å². The van der Waals surface area contributed by atoms with Crippen LogP contribution in [0.3, 0.4) is 0 Å². The summed E-state index contributed by atoms with van der Waals surface area (Å²) in [5.41, 5.74) is 0.670. The first-order valence-electron chi connectivity index (χ1n) is 9.03. The van der Waals surface area contributed by atoms with Crippen molar-refractivity contribution in [1.29, 1.82) is 0 Å². The molecule has 2 aromatic rings. The summed E-state index contributed by atoms with van der Waals surface area (Å²) < 4.78 is 10.3. The number of nitrogens with one attached hydrogen (secondary N) is 1. The van der Waals surface area contributed by atoms with Crippen molar-refractivity contribution in [3.8, 4) is 5.75 Å². The van der Waals surface area contributed by atoms with Gasteiger partial charge in [0.15, 0.2) is 0 Å². The molecule has 8 heteroatoms. The Morgan fingerprint density at radius 3 is 2.31 bits per heavy atom. The molecule has 0 saturated heterocycles. The zero-order valence-corrected chi connectivity index (χ0v) is 16.2. The maximum atomic E-state index is 12.5. The van der Waals surface area contributed by atoms with Crippen molar-refractivity contribution in [2.24, 2.45) is 0 Å². The number of non-ortho nitro benzene ring substituents is 1. The summed E-state index contributed by atoms with van der Waals surface area (Å²) in [6.45, 7) is 2.67. The normalized spacial score (nSPS) is 10.9. The van der Waals surface area contributed by atoms with Gasteiger partial charge in [0, 0.05) is 17.7 Å². The Morgan fingerprint density at radius 2 is 1.76 bits per heavy atom. The summed E-state index contributed by atoms with van der Waals surface area (Å²) in [6.07, 6.45) is 3.35. The van der Waals surface area contributed by atoms with E-state index in [0.717, 1.165) is 12.8 Å². The molecule has 1 amide bonds. The van der Waals surface area contributed by atoms with Crippen LogP contribution in [0.5, 0.6) is 5.75 Å². The first-order chi connectivity index (χ1) is 13.9. The second kappa shape index (κ2) is 10.6. The number of methoxy groups -OCH3 is 1. The average molecular weight is 398 g/mol. The number of nitrogens with zero attached hydrogens (tertiary/aromatic N) is 1. The van der Waals surface area contributed by atoms with E-state index in [1.165, 1.54) is 37.5 Å². The first kappa shape index (κ1) is 21.6.